The molecule has 6 rings (SSSR count). The molecule has 2 aliphatic rings. The molecule has 0 spiro atoms. The molecule has 0 unspecified atom stereocenters. The van der Waals surface area contributed by atoms with Gasteiger partial charge in [-0.15, -0.1) is 0 Å². The van der Waals surface area contributed by atoms with Gasteiger partial charge in [0.2, 0.25) is 0 Å². The lowest BCUT2D eigenvalue weighted by Gasteiger charge is -2.22. The first-order valence-electron chi connectivity index (χ1n) is 15.1. The predicted octanol–water partition coefficient (Wildman–Crippen LogP) is 8.20. The van der Waals surface area contributed by atoms with Crippen LogP contribution in [0.4, 0.5) is 0 Å². The van der Waals surface area contributed by atoms with E-state index in [-0.39, 0.29) is 64.7 Å². The highest BCUT2D eigenvalue weighted by Gasteiger charge is 2.39. The SMILES string of the molecule is C[C@H](CCO)N1C(=O)c2ccccc2C1=O.C[C@H](CCOc1c(Cl)cccc1Cl)N1C(=O)c2ccccc2C1=O.Oc1c(Cl)cccc1Cl. The average molecular weight is 746 g/mol. The molecule has 0 aliphatic carbocycles. The average Bonchev–Trinajstić information content (AvgIpc) is 3.49. The Labute approximate surface area is 303 Å². The number of ether oxygens (including phenoxy) is 1. The summed E-state index contributed by atoms with van der Waals surface area (Å²) in [5.41, 5.74) is 1.81. The Morgan fingerprint density at radius 2 is 0.918 bits per heavy atom. The van der Waals surface area contributed by atoms with E-state index in [0.717, 1.165) is 0 Å². The van der Waals surface area contributed by atoms with Crippen molar-refractivity contribution in [3.05, 3.63) is 127 Å². The van der Waals surface area contributed by atoms with Crippen LogP contribution in [0.1, 0.15) is 68.1 Å². The van der Waals surface area contributed by atoms with Crippen LogP contribution in [0.2, 0.25) is 20.1 Å². The van der Waals surface area contributed by atoms with Crippen molar-refractivity contribution in [1.82, 2.24) is 9.80 Å². The number of amides is 4. The molecule has 256 valence electrons. The molecule has 4 aromatic rings. The Hall–Kier alpha value is -4.12. The number of benzene rings is 4. The van der Waals surface area contributed by atoms with E-state index < -0.39 is 0 Å². The van der Waals surface area contributed by atoms with Crippen LogP contribution in [0.5, 0.6) is 11.5 Å². The van der Waals surface area contributed by atoms with Gasteiger partial charge in [0, 0.05) is 25.1 Å². The molecule has 9 nitrogen and oxygen atoms in total. The van der Waals surface area contributed by atoms with E-state index in [2.05, 4.69) is 0 Å². The summed E-state index contributed by atoms with van der Waals surface area (Å²) < 4.78 is 5.63. The molecule has 0 bridgehead atoms. The van der Waals surface area contributed by atoms with E-state index in [4.69, 9.17) is 61.4 Å². The minimum Gasteiger partial charge on any atom is -0.505 e. The van der Waals surface area contributed by atoms with Gasteiger partial charge in [-0.1, -0.05) is 82.8 Å². The van der Waals surface area contributed by atoms with Crippen LogP contribution in [0.3, 0.4) is 0 Å². The maximum Gasteiger partial charge on any atom is 0.261 e. The number of carbonyl (C=O) groups is 4. The number of imide groups is 2. The smallest absolute Gasteiger partial charge is 0.261 e. The molecule has 2 N–H and O–H groups in total. The van der Waals surface area contributed by atoms with Crippen LogP contribution in [-0.4, -0.2) is 68.9 Å². The molecule has 2 heterocycles. The molecule has 4 amide bonds. The van der Waals surface area contributed by atoms with E-state index in [1.165, 1.54) is 9.80 Å². The van der Waals surface area contributed by atoms with Gasteiger partial charge in [-0.25, -0.2) is 0 Å². The van der Waals surface area contributed by atoms with Gasteiger partial charge in [-0.3, -0.25) is 29.0 Å². The van der Waals surface area contributed by atoms with Crippen LogP contribution < -0.4 is 4.74 Å². The monoisotopic (exact) mass is 744 g/mol. The number of para-hydroxylation sites is 2. The van der Waals surface area contributed by atoms with Crippen LogP contribution >= 0.6 is 46.4 Å². The molecule has 49 heavy (non-hydrogen) atoms. The van der Waals surface area contributed by atoms with Crippen molar-refractivity contribution >= 4 is 70.0 Å². The molecule has 0 radical (unpaired) electrons. The highest BCUT2D eigenvalue weighted by Crippen LogP contribution is 2.33. The van der Waals surface area contributed by atoms with E-state index in [0.29, 0.717) is 50.9 Å². The third kappa shape index (κ3) is 8.55. The number of phenolic OH excluding ortho intramolecular Hbond substituents is 1. The first kappa shape index (κ1) is 37.7. The number of halogens is 4. The fraction of sp³-hybridized carbons (Fsp3) is 0.222. The summed E-state index contributed by atoms with van der Waals surface area (Å²) in [6, 6.07) is 23.0. The Morgan fingerprint density at radius 1 is 0.571 bits per heavy atom. The zero-order chi connectivity index (χ0) is 35.8. The topological polar surface area (TPSA) is 124 Å². The Kier molecular flexibility index (Phi) is 13.1. The van der Waals surface area contributed by atoms with Gasteiger partial charge in [-0.2, -0.15) is 0 Å². The minimum atomic E-state index is -0.293. The normalized spacial score (nSPS) is 14.3. The Bertz CT molecular complexity index is 1760. The van der Waals surface area contributed by atoms with E-state index in [9.17, 15) is 19.2 Å². The largest absolute Gasteiger partial charge is 0.505 e. The lowest BCUT2D eigenvalue weighted by molar-refractivity contribution is 0.0560. The van der Waals surface area contributed by atoms with E-state index in [1.807, 2.05) is 6.92 Å². The van der Waals surface area contributed by atoms with E-state index in [1.54, 1.807) is 91.9 Å². The second kappa shape index (κ2) is 17.0. The first-order valence-corrected chi connectivity index (χ1v) is 16.6. The molecule has 2 aliphatic heterocycles. The summed E-state index contributed by atoms with van der Waals surface area (Å²) in [5, 5.41) is 19.2. The number of aliphatic hydroxyl groups excluding tert-OH is 1. The fourth-order valence-corrected chi connectivity index (χ4v) is 6.01. The van der Waals surface area contributed by atoms with Gasteiger partial charge in [0.15, 0.2) is 11.5 Å². The third-order valence-corrected chi connectivity index (χ3v) is 8.92. The molecular formula is C36H32Cl4N2O7. The summed E-state index contributed by atoms with van der Waals surface area (Å²) >= 11 is 23.1. The van der Waals surface area contributed by atoms with Crippen LogP contribution in [-0.2, 0) is 0 Å². The summed E-state index contributed by atoms with van der Waals surface area (Å²) in [5.74, 6) is -0.697. The van der Waals surface area contributed by atoms with Crippen molar-refractivity contribution in [1.29, 1.82) is 0 Å². The maximum absolute atomic E-state index is 12.4. The Morgan fingerprint density at radius 3 is 1.27 bits per heavy atom. The summed E-state index contributed by atoms with van der Waals surface area (Å²) in [6.45, 7) is 3.84. The van der Waals surface area contributed by atoms with Crippen LogP contribution in [0.15, 0.2) is 84.9 Å². The van der Waals surface area contributed by atoms with Crippen molar-refractivity contribution in [2.75, 3.05) is 13.2 Å². The van der Waals surface area contributed by atoms with Gasteiger partial charge in [0.05, 0.1) is 49.0 Å². The maximum atomic E-state index is 12.4. The summed E-state index contributed by atoms with van der Waals surface area (Å²) in [6.07, 6.45) is 0.887. The molecule has 2 atom stereocenters. The number of hydrogen-bond donors (Lipinski definition) is 2. The number of phenols is 1. The number of aromatic hydroxyl groups is 1. The molecular weight excluding hydrogens is 714 g/mol. The van der Waals surface area contributed by atoms with Gasteiger partial charge in [0.1, 0.15) is 0 Å². The number of aliphatic hydroxyl groups is 1. The number of rotatable bonds is 8. The Balaban J connectivity index is 0.000000185. The van der Waals surface area contributed by atoms with Crippen molar-refractivity contribution < 1.29 is 34.1 Å². The van der Waals surface area contributed by atoms with Gasteiger partial charge < -0.3 is 14.9 Å². The molecule has 4 aromatic carbocycles. The molecule has 0 fully saturated rings. The van der Waals surface area contributed by atoms with Gasteiger partial charge in [0.25, 0.3) is 23.6 Å². The molecule has 13 heteroatoms. The number of fused-ring (bicyclic) bond motifs is 2. The van der Waals surface area contributed by atoms with Gasteiger partial charge >= 0.3 is 0 Å². The lowest BCUT2D eigenvalue weighted by atomic mass is 10.1. The van der Waals surface area contributed by atoms with Crippen molar-refractivity contribution in [3.63, 3.8) is 0 Å². The number of hydrogen-bond acceptors (Lipinski definition) is 7. The second-order valence-corrected chi connectivity index (χ2v) is 12.6. The fourth-order valence-electron chi connectivity index (χ4n) is 5.10. The van der Waals surface area contributed by atoms with Crippen molar-refractivity contribution in [2.24, 2.45) is 0 Å². The highest BCUT2D eigenvalue weighted by atomic mass is 35.5. The highest BCUT2D eigenvalue weighted by molar-refractivity contribution is 6.37. The van der Waals surface area contributed by atoms with E-state index >= 15 is 0 Å². The predicted molar refractivity (Wildman–Crippen MR) is 189 cm³/mol. The standard InChI is InChI=1S/C18H15Cl2NO3.C12H13NO3.C6H4Cl2O/c1-11(9-10-24-16-14(19)7-4-8-15(16)20)21-17(22)12-5-2-3-6-13(12)18(21)23;1-8(6-7-14)13-11(15)9-4-2-3-5-10(9)12(13)16;7-4-2-1-3-5(8)6(4)9/h2-8,11H,9-10H2,1H3;2-5,8,14H,6-7H2,1H3;1-3,9H/t11-;8-;/m11./s1. The van der Waals surface area contributed by atoms with Crippen LogP contribution in [0.25, 0.3) is 0 Å². The summed E-state index contributed by atoms with van der Waals surface area (Å²) in [4.78, 5) is 51.2. The summed E-state index contributed by atoms with van der Waals surface area (Å²) in [7, 11) is 0. The van der Waals surface area contributed by atoms with Gasteiger partial charge in [-0.05, 0) is 68.8 Å². The zero-order valence-electron chi connectivity index (χ0n) is 26.4. The van der Waals surface area contributed by atoms with Crippen molar-refractivity contribution in [3.8, 4) is 11.5 Å². The number of carbonyl (C=O) groups excluding carboxylic acids is 4. The third-order valence-electron chi connectivity index (χ3n) is 7.72. The lowest BCUT2D eigenvalue weighted by Crippen LogP contribution is -2.38. The first-order chi connectivity index (χ1) is 23.4. The molecule has 0 saturated heterocycles. The number of nitrogens with zero attached hydrogens (tertiary/aromatic N) is 2. The second-order valence-electron chi connectivity index (χ2n) is 11.0. The quantitative estimate of drug-likeness (QED) is 0.174. The van der Waals surface area contributed by atoms with Crippen LogP contribution in [0, 0.1) is 0 Å². The molecule has 0 saturated carbocycles. The zero-order valence-corrected chi connectivity index (χ0v) is 29.4. The minimum absolute atomic E-state index is 0.0332. The van der Waals surface area contributed by atoms with Crippen molar-refractivity contribution in [2.45, 2.75) is 38.8 Å². The molecule has 0 aromatic heterocycles.